The number of fused-ring (bicyclic) bond motifs is 2. The minimum absolute atomic E-state index is 0.143. The average Bonchev–Trinajstić information content (AvgIpc) is 3.50. The first-order chi connectivity index (χ1) is 17.6. The number of methoxy groups -OCH3 is 1. The smallest absolute Gasteiger partial charge is 0.254 e. The first kappa shape index (κ1) is 20.8. The molecule has 184 valence electrons. The maximum atomic E-state index is 13.8. The van der Waals surface area contributed by atoms with Crippen molar-refractivity contribution in [2.75, 3.05) is 13.7 Å². The van der Waals surface area contributed by atoms with E-state index in [1.807, 2.05) is 31.4 Å². The second-order valence-corrected chi connectivity index (χ2v) is 11.4. The lowest BCUT2D eigenvalue weighted by atomic mass is 9.29. The fourth-order valence-electron chi connectivity index (χ4n) is 8.63. The van der Waals surface area contributed by atoms with Crippen molar-refractivity contribution in [3.05, 3.63) is 42.1 Å². The summed E-state index contributed by atoms with van der Waals surface area (Å²) in [6.07, 6.45) is 6.76. The van der Waals surface area contributed by atoms with Crippen LogP contribution in [-0.4, -0.2) is 49.6 Å². The Morgan fingerprint density at radius 3 is 2.75 bits per heavy atom. The number of likely N-dealkylation sites (tertiary alicyclic amines) is 1. The van der Waals surface area contributed by atoms with Gasteiger partial charge in [0.1, 0.15) is 16.9 Å². The number of hydrogen-bond donors (Lipinski definition) is 0. The second kappa shape index (κ2) is 6.90. The number of pyridine rings is 1. The number of carbonyl (C=O) groups is 1. The van der Waals surface area contributed by atoms with Gasteiger partial charge >= 0.3 is 0 Å². The molecule has 1 aromatic carbocycles. The highest BCUT2D eigenvalue weighted by atomic mass is 16.5. The van der Waals surface area contributed by atoms with E-state index in [4.69, 9.17) is 9.72 Å². The van der Waals surface area contributed by atoms with Crippen LogP contribution < -0.4 is 4.74 Å². The second-order valence-electron chi connectivity index (χ2n) is 11.4. The molecule has 1 spiro atoms. The van der Waals surface area contributed by atoms with Crippen molar-refractivity contribution in [3.63, 3.8) is 0 Å². The zero-order valence-electron chi connectivity index (χ0n) is 21.1. The third-order valence-electron chi connectivity index (χ3n) is 10.1. The number of hydrogen-bond acceptors (Lipinski definition) is 4. The SMILES string of the molecule is CCCn1c(-c2nc3cc(C(=O)N4CC5CC6CC7C[C@@H]4C675)cc(OC)c3n2C)cc2cccnc21. The number of carbonyl (C=O) groups excluding carboxylic acids is 1. The molecule has 8 rings (SSSR count). The Balaban J connectivity index is 1.23. The van der Waals surface area contributed by atoms with Crippen molar-refractivity contribution in [2.45, 2.75) is 45.2 Å². The van der Waals surface area contributed by atoms with Crippen LogP contribution in [0.1, 0.15) is 43.0 Å². The highest BCUT2D eigenvalue weighted by Crippen LogP contribution is 2.80. The molecule has 1 aliphatic heterocycles. The largest absolute Gasteiger partial charge is 0.494 e. The van der Waals surface area contributed by atoms with E-state index in [9.17, 15) is 4.79 Å². The highest BCUT2D eigenvalue weighted by molar-refractivity contribution is 6.00. The van der Waals surface area contributed by atoms with Gasteiger partial charge in [-0.1, -0.05) is 6.92 Å². The summed E-state index contributed by atoms with van der Waals surface area (Å²) in [5.74, 6) is 4.18. The number of nitrogens with zero attached hydrogens (tertiary/aromatic N) is 5. The van der Waals surface area contributed by atoms with Gasteiger partial charge in [-0.3, -0.25) is 4.79 Å². The van der Waals surface area contributed by atoms with E-state index in [-0.39, 0.29) is 5.91 Å². The van der Waals surface area contributed by atoms with Crippen LogP contribution in [0.3, 0.4) is 0 Å². The number of imidazole rings is 1. The molecule has 0 radical (unpaired) electrons. The topological polar surface area (TPSA) is 65.2 Å². The zero-order valence-corrected chi connectivity index (χ0v) is 21.1. The summed E-state index contributed by atoms with van der Waals surface area (Å²) in [5, 5.41) is 1.10. The summed E-state index contributed by atoms with van der Waals surface area (Å²) in [7, 11) is 3.71. The van der Waals surface area contributed by atoms with Gasteiger partial charge in [-0.2, -0.15) is 0 Å². The summed E-state index contributed by atoms with van der Waals surface area (Å²) < 4.78 is 10.2. The van der Waals surface area contributed by atoms with Crippen LogP contribution in [0.2, 0.25) is 0 Å². The third kappa shape index (κ3) is 2.28. The summed E-state index contributed by atoms with van der Waals surface area (Å²) >= 11 is 0. The van der Waals surface area contributed by atoms with E-state index in [0.717, 1.165) is 70.8 Å². The number of amides is 1. The van der Waals surface area contributed by atoms with Crippen LogP contribution in [0.15, 0.2) is 36.5 Å². The van der Waals surface area contributed by atoms with Gasteiger partial charge in [0.2, 0.25) is 0 Å². The lowest BCUT2D eigenvalue weighted by Gasteiger charge is -2.75. The molecule has 4 fully saturated rings. The van der Waals surface area contributed by atoms with E-state index >= 15 is 0 Å². The van der Waals surface area contributed by atoms with Gasteiger partial charge in [-0.05, 0) is 73.8 Å². The molecule has 1 saturated heterocycles. The molecule has 4 aliphatic rings. The Morgan fingerprint density at radius 1 is 1.17 bits per heavy atom. The van der Waals surface area contributed by atoms with Gasteiger partial charge in [0.25, 0.3) is 5.91 Å². The zero-order chi connectivity index (χ0) is 24.3. The van der Waals surface area contributed by atoms with E-state index in [1.165, 1.54) is 19.3 Å². The van der Waals surface area contributed by atoms with Crippen LogP contribution in [0.4, 0.5) is 0 Å². The van der Waals surface area contributed by atoms with E-state index in [1.54, 1.807) is 7.11 Å². The van der Waals surface area contributed by atoms with Gasteiger partial charge in [0.05, 0.1) is 18.3 Å². The normalized spacial score (nSPS) is 29.5. The quantitative estimate of drug-likeness (QED) is 0.408. The summed E-state index contributed by atoms with van der Waals surface area (Å²) in [6, 6.07) is 10.6. The molecule has 36 heavy (non-hydrogen) atoms. The van der Waals surface area contributed by atoms with E-state index < -0.39 is 0 Å². The molecule has 5 atom stereocenters. The maximum absolute atomic E-state index is 13.8. The molecule has 7 heteroatoms. The van der Waals surface area contributed by atoms with E-state index in [0.29, 0.717) is 22.8 Å². The van der Waals surface area contributed by atoms with Crippen LogP contribution >= 0.6 is 0 Å². The van der Waals surface area contributed by atoms with Gasteiger partial charge in [-0.15, -0.1) is 0 Å². The molecule has 4 aromatic rings. The number of aromatic nitrogens is 4. The third-order valence-corrected chi connectivity index (χ3v) is 10.1. The number of aryl methyl sites for hydroxylation is 2. The van der Waals surface area contributed by atoms with Crippen molar-refractivity contribution in [2.24, 2.45) is 30.2 Å². The Bertz CT molecular complexity index is 1580. The molecule has 4 unspecified atom stereocenters. The predicted molar refractivity (Wildman–Crippen MR) is 138 cm³/mol. The Labute approximate surface area is 210 Å². The standard InChI is InChI=1S/C29H31N5O2/c1-4-8-33-22(10-16-6-5-7-30-26(16)33)27-31-21-9-17(11-23(36-3)25(21)32(27)2)28(35)34-15-20-13-18-12-19-14-24(34)29(18,19)20/h5-7,9-11,18-20,24H,4,8,12-15H2,1-3H3/t18?,19?,20?,24-,29?/m1/s1. The van der Waals surface area contributed by atoms with Gasteiger partial charge in [0.15, 0.2) is 5.82 Å². The summed E-state index contributed by atoms with van der Waals surface area (Å²) in [6.45, 7) is 3.96. The fourth-order valence-corrected chi connectivity index (χ4v) is 8.63. The lowest BCUT2D eigenvalue weighted by molar-refractivity contribution is -0.256. The number of benzene rings is 1. The first-order valence-corrected chi connectivity index (χ1v) is 13.4. The van der Waals surface area contributed by atoms with E-state index in [2.05, 4.69) is 38.1 Å². The summed E-state index contributed by atoms with van der Waals surface area (Å²) in [4.78, 5) is 25.7. The molecular formula is C29H31N5O2. The van der Waals surface area contributed by atoms with Crippen molar-refractivity contribution in [1.29, 1.82) is 0 Å². The Hall–Kier alpha value is -3.35. The lowest BCUT2D eigenvalue weighted by Crippen LogP contribution is -2.73. The van der Waals surface area contributed by atoms with Gasteiger partial charge in [0, 0.05) is 48.7 Å². The molecule has 1 amide bonds. The van der Waals surface area contributed by atoms with Crippen LogP contribution in [0.25, 0.3) is 33.6 Å². The molecular weight excluding hydrogens is 450 g/mol. The van der Waals surface area contributed by atoms with Crippen molar-refractivity contribution >= 4 is 28.0 Å². The van der Waals surface area contributed by atoms with Crippen LogP contribution in [0, 0.1) is 23.2 Å². The highest BCUT2D eigenvalue weighted by Gasteiger charge is 2.79. The molecule has 0 N–H and O–H groups in total. The maximum Gasteiger partial charge on any atom is 0.254 e. The molecule has 3 aromatic heterocycles. The van der Waals surface area contributed by atoms with Crippen molar-refractivity contribution in [1.82, 2.24) is 24.0 Å². The molecule has 0 bridgehead atoms. The number of ether oxygens (including phenoxy) is 1. The average molecular weight is 482 g/mol. The van der Waals surface area contributed by atoms with Gasteiger partial charge < -0.3 is 18.8 Å². The summed E-state index contributed by atoms with van der Waals surface area (Å²) in [5.41, 5.74) is 4.89. The van der Waals surface area contributed by atoms with Crippen molar-refractivity contribution < 1.29 is 9.53 Å². The fraction of sp³-hybridized carbons (Fsp3) is 0.483. The minimum Gasteiger partial charge on any atom is -0.494 e. The Kier molecular flexibility index (Phi) is 3.99. The first-order valence-electron chi connectivity index (χ1n) is 13.4. The molecule has 3 saturated carbocycles. The predicted octanol–water partition coefficient (Wildman–Crippen LogP) is 4.88. The Morgan fingerprint density at radius 2 is 2.00 bits per heavy atom. The van der Waals surface area contributed by atoms with Crippen molar-refractivity contribution in [3.8, 4) is 17.3 Å². The van der Waals surface area contributed by atoms with Crippen LogP contribution in [-0.2, 0) is 13.6 Å². The van der Waals surface area contributed by atoms with Gasteiger partial charge in [-0.25, -0.2) is 9.97 Å². The minimum atomic E-state index is 0.143. The molecule has 7 nitrogen and oxygen atoms in total. The van der Waals surface area contributed by atoms with Crippen LogP contribution in [0.5, 0.6) is 5.75 Å². The number of rotatable bonds is 5. The molecule has 3 aliphatic carbocycles. The molecule has 4 heterocycles. The monoisotopic (exact) mass is 481 g/mol.